The van der Waals surface area contributed by atoms with Gasteiger partial charge in [-0.25, -0.2) is 4.79 Å². The van der Waals surface area contributed by atoms with E-state index in [1.165, 1.54) is 16.2 Å². The number of β-lactam (4-membered cyclic amide) rings is 1. The maximum Gasteiger partial charge on any atom is 0.355 e. The van der Waals surface area contributed by atoms with Crippen LogP contribution in [0.25, 0.3) is 0 Å². The molecule has 1 N–H and O–H groups in total. The second-order valence-electron chi connectivity index (χ2n) is 7.30. The topological polar surface area (TPSA) is 75.7 Å². The summed E-state index contributed by atoms with van der Waals surface area (Å²) in [6.07, 6.45) is 0.257. The molecule has 1 fully saturated rings. The zero-order valence-corrected chi connectivity index (χ0v) is 19.1. The van der Waals surface area contributed by atoms with Gasteiger partial charge in [0.2, 0.25) is 5.91 Å². The maximum absolute atomic E-state index is 12.7. The van der Waals surface area contributed by atoms with E-state index in [2.05, 4.69) is 27.9 Å². The minimum absolute atomic E-state index is 0.182. The number of hydrogen-bond acceptors (Lipinski definition) is 6. The Balaban J connectivity index is 1.72. The smallest absolute Gasteiger partial charge is 0.355 e. The van der Waals surface area contributed by atoms with Crippen LogP contribution in [0.3, 0.4) is 0 Å². The highest BCUT2D eigenvalue weighted by Crippen LogP contribution is 2.41. The zero-order valence-electron chi connectivity index (χ0n) is 15.3. The number of esters is 1. The normalized spacial score (nSPS) is 22.2. The van der Waals surface area contributed by atoms with Crippen molar-refractivity contribution in [3.63, 3.8) is 0 Å². The molecule has 0 saturated carbocycles. The van der Waals surface area contributed by atoms with Crippen molar-refractivity contribution in [1.82, 2.24) is 10.2 Å². The summed E-state index contributed by atoms with van der Waals surface area (Å²) in [5.41, 5.74) is 0.600. The number of hydrogen-bond donors (Lipinski definition) is 1. The molecule has 146 valence electrons. The maximum atomic E-state index is 12.7. The molecule has 1 aromatic heterocycles. The Bertz CT molecular complexity index is 786. The highest BCUT2D eigenvalue weighted by atomic mass is 127. The van der Waals surface area contributed by atoms with E-state index in [9.17, 15) is 14.4 Å². The third kappa shape index (κ3) is 4.51. The second-order valence-corrected chi connectivity index (χ2v) is 10.2. The minimum atomic E-state index is -0.636. The number of nitrogens with zero attached hydrogens (tertiary/aromatic N) is 1. The van der Waals surface area contributed by atoms with Crippen LogP contribution in [0, 0.1) is 0 Å². The molecule has 1 unspecified atom stereocenters. The van der Waals surface area contributed by atoms with Crippen LogP contribution < -0.4 is 5.32 Å². The lowest BCUT2D eigenvalue weighted by molar-refractivity contribution is -0.159. The van der Waals surface area contributed by atoms with E-state index in [0.717, 1.165) is 10.5 Å². The Morgan fingerprint density at radius 1 is 1.41 bits per heavy atom. The molecule has 3 rings (SSSR count). The molecule has 1 saturated heterocycles. The van der Waals surface area contributed by atoms with Crippen molar-refractivity contribution < 1.29 is 19.1 Å². The Labute approximate surface area is 180 Å². The van der Waals surface area contributed by atoms with Crippen molar-refractivity contribution in [2.45, 2.75) is 44.2 Å². The molecule has 27 heavy (non-hydrogen) atoms. The molecule has 0 bridgehead atoms. The van der Waals surface area contributed by atoms with Gasteiger partial charge in [-0.2, -0.15) is 0 Å². The van der Waals surface area contributed by atoms with Gasteiger partial charge in [-0.3, -0.25) is 14.5 Å². The molecule has 0 radical (unpaired) electrons. The Morgan fingerprint density at radius 3 is 2.74 bits per heavy atom. The van der Waals surface area contributed by atoms with Gasteiger partial charge in [-0.05, 0) is 37.8 Å². The molecule has 0 aromatic carbocycles. The number of carbonyl (C=O) groups excluding carboxylic acids is 3. The second kappa shape index (κ2) is 8.12. The summed E-state index contributed by atoms with van der Waals surface area (Å²) in [5, 5.41) is 4.47. The molecular weight excluding hydrogens is 499 g/mol. The van der Waals surface area contributed by atoms with Crippen molar-refractivity contribution in [3.8, 4) is 0 Å². The van der Waals surface area contributed by atoms with Crippen LogP contribution >= 0.6 is 45.7 Å². The monoisotopic (exact) mass is 520 g/mol. The summed E-state index contributed by atoms with van der Waals surface area (Å²) in [4.78, 5) is 40.1. The number of halogens is 1. The van der Waals surface area contributed by atoms with Gasteiger partial charge in [-0.15, -0.1) is 23.1 Å². The summed E-state index contributed by atoms with van der Waals surface area (Å²) < 4.78 is 6.15. The lowest BCUT2D eigenvalue weighted by atomic mass is 10.0. The van der Waals surface area contributed by atoms with E-state index in [1.54, 1.807) is 32.5 Å². The fourth-order valence-corrected chi connectivity index (χ4v) is 5.94. The van der Waals surface area contributed by atoms with E-state index in [1.807, 2.05) is 17.5 Å². The van der Waals surface area contributed by atoms with Crippen LogP contribution in [0.2, 0.25) is 0 Å². The van der Waals surface area contributed by atoms with Gasteiger partial charge in [0.25, 0.3) is 5.91 Å². The largest absolute Gasteiger partial charge is 0.455 e. The molecule has 9 heteroatoms. The number of fused-ring (bicyclic) bond motifs is 1. The fraction of sp³-hybridized carbons (Fsp3) is 0.500. The van der Waals surface area contributed by atoms with E-state index >= 15 is 0 Å². The molecule has 2 atom stereocenters. The number of thiophene rings is 1. The van der Waals surface area contributed by atoms with E-state index in [-0.39, 0.29) is 23.6 Å². The average Bonchev–Trinajstić information content (AvgIpc) is 3.09. The number of carbonyl (C=O) groups is 3. The number of alkyl halides is 1. The molecule has 6 nitrogen and oxygen atoms in total. The van der Waals surface area contributed by atoms with Crippen LogP contribution in [0.1, 0.15) is 25.6 Å². The van der Waals surface area contributed by atoms with Crippen LogP contribution in [0.4, 0.5) is 0 Å². The van der Waals surface area contributed by atoms with Gasteiger partial charge >= 0.3 is 5.97 Å². The molecule has 2 aliphatic heterocycles. The van der Waals surface area contributed by atoms with Gasteiger partial charge in [0.1, 0.15) is 22.7 Å². The molecule has 3 heterocycles. The van der Waals surface area contributed by atoms with Crippen LogP contribution in [0.5, 0.6) is 0 Å². The van der Waals surface area contributed by atoms with Crippen molar-refractivity contribution >= 4 is 63.5 Å². The fourth-order valence-electron chi connectivity index (χ4n) is 2.90. The third-order valence-corrected chi connectivity index (χ3v) is 7.17. The predicted octanol–water partition coefficient (Wildman–Crippen LogP) is 2.72. The van der Waals surface area contributed by atoms with E-state index < -0.39 is 17.6 Å². The van der Waals surface area contributed by atoms with Crippen molar-refractivity contribution in [2.75, 3.05) is 10.2 Å². The zero-order chi connectivity index (χ0) is 19.8. The molecule has 0 spiro atoms. The summed E-state index contributed by atoms with van der Waals surface area (Å²) in [7, 11) is 0. The molecule has 2 aliphatic rings. The summed E-state index contributed by atoms with van der Waals surface area (Å²) >= 11 is 5.27. The van der Waals surface area contributed by atoms with E-state index in [0.29, 0.717) is 15.9 Å². The highest BCUT2D eigenvalue weighted by molar-refractivity contribution is 14.1. The van der Waals surface area contributed by atoms with Crippen LogP contribution in [0.15, 0.2) is 28.8 Å². The average molecular weight is 520 g/mol. The molecule has 1 aromatic rings. The lowest BCUT2D eigenvalue weighted by Crippen LogP contribution is -2.70. The van der Waals surface area contributed by atoms with Gasteiger partial charge in [0.15, 0.2) is 0 Å². The predicted molar refractivity (Wildman–Crippen MR) is 115 cm³/mol. The van der Waals surface area contributed by atoms with Gasteiger partial charge < -0.3 is 10.1 Å². The first-order valence-corrected chi connectivity index (χ1v) is 11.9. The summed E-state index contributed by atoms with van der Waals surface area (Å²) in [5.74, 6) is -0.270. The number of nitrogens with one attached hydrogen (secondary N) is 1. The SMILES string of the molecule is CC(C)(C)OC(=O)C1=C(CI)CSC2[C@H](NC(=O)Cc3cccs3)C(=O)N12. The third-order valence-electron chi connectivity index (χ3n) is 4.03. The standard InChI is InChI=1S/C18H21IN2O4S2/c1-18(2,3)25-17(24)14-10(8-19)9-27-16-13(15(23)21(14)16)20-12(22)7-11-5-4-6-26-11/h4-6,13,16H,7-9H2,1-3H3,(H,20,22)/t13-,16?/m1/s1. The highest BCUT2D eigenvalue weighted by Gasteiger charge is 2.54. The van der Waals surface area contributed by atoms with Gasteiger partial charge in [0, 0.05) is 15.1 Å². The number of rotatable bonds is 5. The van der Waals surface area contributed by atoms with Crippen molar-refractivity contribution in [2.24, 2.45) is 0 Å². The summed E-state index contributed by atoms with van der Waals surface area (Å²) in [6.45, 7) is 5.40. The van der Waals surface area contributed by atoms with Crippen molar-refractivity contribution in [1.29, 1.82) is 0 Å². The first-order valence-electron chi connectivity index (χ1n) is 8.49. The quantitative estimate of drug-likeness (QED) is 0.280. The Kier molecular flexibility index (Phi) is 6.21. The van der Waals surface area contributed by atoms with Crippen LogP contribution in [-0.2, 0) is 25.5 Å². The first kappa shape index (κ1) is 20.7. The van der Waals surface area contributed by atoms with Gasteiger partial charge in [-0.1, -0.05) is 28.7 Å². The summed E-state index contributed by atoms with van der Waals surface area (Å²) in [6, 6.07) is 3.18. The van der Waals surface area contributed by atoms with Crippen molar-refractivity contribution in [3.05, 3.63) is 33.7 Å². The number of thioether (sulfide) groups is 1. The lowest BCUT2D eigenvalue weighted by Gasteiger charge is -2.50. The molecule has 2 amide bonds. The Hall–Kier alpha value is -1.07. The minimum Gasteiger partial charge on any atom is -0.455 e. The molecular formula is C18H21IN2O4S2. The van der Waals surface area contributed by atoms with Crippen LogP contribution in [-0.4, -0.2) is 49.9 Å². The number of ether oxygens (including phenoxy) is 1. The van der Waals surface area contributed by atoms with E-state index in [4.69, 9.17) is 4.74 Å². The molecule has 0 aliphatic carbocycles. The first-order chi connectivity index (χ1) is 12.7. The number of amides is 2. The Morgan fingerprint density at radius 2 is 2.15 bits per heavy atom. The van der Waals surface area contributed by atoms with Gasteiger partial charge in [0.05, 0.1) is 6.42 Å².